The minimum absolute atomic E-state index is 0.125. The van der Waals surface area contributed by atoms with Crippen LogP contribution in [0.4, 0.5) is 21.7 Å². The quantitative estimate of drug-likeness (QED) is 0.398. The number of primary sulfonamides is 1. The maximum Gasteiger partial charge on any atom is 0.255 e. The van der Waals surface area contributed by atoms with E-state index in [1.807, 2.05) is 0 Å². The molecule has 0 bridgehead atoms. The molecule has 4 aromatic rings. The van der Waals surface area contributed by atoms with E-state index in [1.54, 1.807) is 24.3 Å². The molecule has 3 aromatic heterocycles. The number of nitrogens with one attached hydrogen (secondary N) is 2. The molecule has 0 unspecified atom stereocenters. The first-order valence-electron chi connectivity index (χ1n) is 9.53. The van der Waals surface area contributed by atoms with Gasteiger partial charge in [0.15, 0.2) is 0 Å². The number of rotatable bonds is 6. The number of hydrogen-bond donors (Lipinski definition) is 3. The Morgan fingerprint density at radius 1 is 0.939 bits per heavy atom. The van der Waals surface area contributed by atoms with Crippen molar-refractivity contribution in [1.29, 1.82) is 0 Å². The summed E-state index contributed by atoms with van der Waals surface area (Å²) in [5, 5.41) is 10.7. The number of nitrogens with zero attached hydrogens (tertiary/aromatic N) is 3. The fraction of sp³-hybridized carbons (Fsp3) is 0. The fourth-order valence-electron chi connectivity index (χ4n) is 2.95. The smallest absolute Gasteiger partial charge is 0.255 e. The van der Waals surface area contributed by atoms with Crippen molar-refractivity contribution < 1.29 is 17.6 Å². The summed E-state index contributed by atoms with van der Waals surface area (Å²) in [4.78, 5) is 24.8. The number of carbonyl (C=O) groups excluding carboxylic acids is 1. The third-order valence-electron chi connectivity index (χ3n) is 4.52. The lowest BCUT2D eigenvalue weighted by Gasteiger charge is -2.09. The Hall–Kier alpha value is -4.22. The summed E-state index contributed by atoms with van der Waals surface area (Å²) in [7, 11) is -3.85. The first kappa shape index (κ1) is 22.0. The number of pyridine rings is 3. The molecule has 0 spiro atoms. The molecule has 0 aliphatic carbocycles. The van der Waals surface area contributed by atoms with Gasteiger partial charge in [-0.05, 0) is 36.4 Å². The largest absolute Gasteiger partial charge is 0.325 e. The topological polar surface area (TPSA) is 140 Å². The first-order chi connectivity index (χ1) is 15.8. The number of benzene rings is 1. The van der Waals surface area contributed by atoms with Gasteiger partial charge in [-0.1, -0.05) is 18.2 Å². The van der Waals surface area contributed by atoms with Crippen molar-refractivity contribution in [2.75, 3.05) is 10.6 Å². The molecule has 33 heavy (non-hydrogen) atoms. The molecule has 0 saturated heterocycles. The molecule has 1 aromatic carbocycles. The van der Waals surface area contributed by atoms with E-state index in [0.29, 0.717) is 34.0 Å². The van der Waals surface area contributed by atoms with Gasteiger partial charge in [-0.3, -0.25) is 9.78 Å². The standard InChI is InChI=1S/C22H17FN6O3S/c23-19-4-2-1-3-18(19)15-9-16(12-25-11-15)28-22(30)14-7-8-26-21(10-14)29-20-6-5-17(13-27-20)33(24,31)32/h1-13H,(H,28,30)(H2,24,31,32)(H,26,27,29). The molecule has 1 amide bonds. The summed E-state index contributed by atoms with van der Waals surface area (Å²) in [6.07, 6.45) is 5.52. The van der Waals surface area contributed by atoms with Crippen LogP contribution >= 0.6 is 0 Å². The highest BCUT2D eigenvalue weighted by Gasteiger charge is 2.11. The van der Waals surface area contributed by atoms with Gasteiger partial charge >= 0.3 is 0 Å². The Morgan fingerprint density at radius 3 is 2.48 bits per heavy atom. The number of hydrogen-bond acceptors (Lipinski definition) is 7. The van der Waals surface area contributed by atoms with Crippen LogP contribution in [0.1, 0.15) is 10.4 Å². The van der Waals surface area contributed by atoms with E-state index in [1.165, 1.54) is 48.9 Å². The van der Waals surface area contributed by atoms with Gasteiger partial charge in [0.2, 0.25) is 10.0 Å². The van der Waals surface area contributed by atoms with Gasteiger partial charge in [0, 0.05) is 35.3 Å². The van der Waals surface area contributed by atoms with Crippen LogP contribution in [0.5, 0.6) is 0 Å². The van der Waals surface area contributed by atoms with E-state index in [-0.39, 0.29) is 4.90 Å². The maximum absolute atomic E-state index is 14.1. The lowest BCUT2D eigenvalue weighted by Crippen LogP contribution is -2.13. The Kier molecular flexibility index (Phi) is 6.07. The molecule has 0 radical (unpaired) electrons. The highest BCUT2D eigenvalue weighted by Crippen LogP contribution is 2.24. The average molecular weight is 464 g/mol. The molecule has 0 saturated carbocycles. The zero-order chi connectivity index (χ0) is 23.4. The maximum atomic E-state index is 14.1. The second kappa shape index (κ2) is 9.10. The summed E-state index contributed by atoms with van der Waals surface area (Å²) < 4.78 is 36.7. The van der Waals surface area contributed by atoms with Crippen molar-refractivity contribution in [2.45, 2.75) is 4.90 Å². The number of sulfonamides is 1. The van der Waals surface area contributed by atoms with Crippen LogP contribution < -0.4 is 15.8 Å². The van der Waals surface area contributed by atoms with Crippen molar-refractivity contribution in [3.8, 4) is 11.1 Å². The monoisotopic (exact) mass is 464 g/mol. The minimum Gasteiger partial charge on any atom is -0.325 e. The van der Waals surface area contributed by atoms with Crippen molar-refractivity contribution in [3.63, 3.8) is 0 Å². The van der Waals surface area contributed by atoms with Gasteiger partial charge < -0.3 is 10.6 Å². The number of anilines is 3. The lowest BCUT2D eigenvalue weighted by atomic mass is 10.1. The van der Waals surface area contributed by atoms with Gasteiger partial charge in [0.05, 0.1) is 11.9 Å². The van der Waals surface area contributed by atoms with Gasteiger partial charge in [-0.25, -0.2) is 27.9 Å². The van der Waals surface area contributed by atoms with Crippen LogP contribution in [-0.2, 0) is 10.0 Å². The highest BCUT2D eigenvalue weighted by atomic mass is 32.2. The van der Waals surface area contributed by atoms with E-state index in [4.69, 9.17) is 5.14 Å². The predicted molar refractivity (Wildman–Crippen MR) is 121 cm³/mol. The molecular formula is C22H17FN6O3S. The molecular weight excluding hydrogens is 447 g/mol. The van der Waals surface area contributed by atoms with E-state index in [2.05, 4.69) is 25.6 Å². The van der Waals surface area contributed by atoms with E-state index in [9.17, 15) is 17.6 Å². The third kappa shape index (κ3) is 5.34. The summed E-state index contributed by atoms with van der Waals surface area (Å²) in [6, 6.07) is 13.7. The van der Waals surface area contributed by atoms with Crippen LogP contribution in [0.2, 0.25) is 0 Å². The Labute approximate surface area is 188 Å². The average Bonchev–Trinajstić information content (AvgIpc) is 2.79. The lowest BCUT2D eigenvalue weighted by molar-refractivity contribution is 0.102. The third-order valence-corrected chi connectivity index (χ3v) is 5.42. The normalized spacial score (nSPS) is 11.1. The minimum atomic E-state index is -3.85. The number of aromatic nitrogens is 3. The summed E-state index contributed by atoms with van der Waals surface area (Å²) in [6.45, 7) is 0. The van der Waals surface area contributed by atoms with Crippen LogP contribution in [0.3, 0.4) is 0 Å². The fourth-order valence-corrected chi connectivity index (χ4v) is 3.41. The van der Waals surface area contributed by atoms with E-state index < -0.39 is 21.7 Å². The van der Waals surface area contributed by atoms with Crippen molar-refractivity contribution >= 4 is 33.3 Å². The molecule has 9 nitrogen and oxygen atoms in total. The van der Waals surface area contributed by atoms with Crippen LogP contribution in [0.25, 0.3) is 11.1 Å². The summed E-state index contributed by atoms with van der Waals surface area (Å²) >= 11 is 0. The molecule has 166 valence electrons. The van der Waals surface area contributed by atoms with Gasteiger partial charge in [0.1, 0.15) is 22.3 Å². The molecule has 0 aliphatic rings. The second-order valence-electron chi connectivity index (χ2n) is 6.88. The number of amides is 1. The molecule has 0 aliphatic heterocycles. The van der Waals surface area contributed by atoms with Crippen molar-refractivity contribution in [2.24, 2.45) is 5.14 Å². The molecule has 11 heteroatoms. The zero-order valence-electron chi connectivity index (χ0n) is 16.9. The van der Waals surface area contributed by atoms with Crippen molar-refractivity contribution in [3.05, 3.63) is 90.8 Å². The second-order valence-corrected chi connectivity index (χ2v) is 8.44. The van der Waals surface area contributed by atoms with Crippen LogP contribution in [0, 0.1) is 5.82 Å². The first-order valence-corrected chi connectivity index (χ1v) is 11.1. The Balaban J connectivity index is 1.49. The molecule has 4 N–H and O–H groups in total. The molecule has 0 atom stereocenters. The Bertz CT molecular complexity index is 1430. The number of carbonyl (C=O) groups is 1. The molecule has 0 fully saturated rings. The molecule has 4 rings (SSSR count). The summed E-state index contributed by atoms with van der Waals surface area (Å²) in [5.41, 5.74) is 1.59. The van der Waals surface area contributed by atoms with Crippen LogP contribution in [-0.4, -0.2) is 29.3 Å². The number of halogens is 1. The van der Waals surface area contributed by atoms with Gasteiger partial charge in [0.25, 0.3) is 5.91 Å². The van der Waals surface area contributed by atoms with Crippen molar-refractivity contribution in [1.82, 2.24) is 15.0 Å². The zero-order valence-corrected chi connectivity index (χ0v) is 17.8. The predicted octanol–water partition coefficient (Wildman–Crippen LogP) is 3.32. The van der Waals surface area contributed by atoms with E-state index in [0.717, 1.165) is 6.20 Å². The van der Waals surface area contributed by atoms with Gasteiger partial charge in [-0.2, -0.15) is 0 Å². The van der Waals surface area contributed by atoms with Gasteiger partial charge in [-0.15, -0.1) is 0 Å². The SMILES string of the molecule is NS(=O)(=O)c1ccc(Nc2cc(C(=O)Nc3cncc(-c4ccccc4F)c3)ccn2)nc1. The summed E-state index contributed by atoms with van der Waals surface area (Å²) in [5.74, 6) is -0.185. The van der Waals surface area contributed by atoms with Crippen LogP contribution in [0.15, 0.2) is 84.3 Å². The Morgan fingerprint density at radius 2 is 1.76 bits per heavy atom. The van der Waals surface area contributed by atoms with E-state index >= 15 is 0 Å². The molecule has 3 heterocycles. The number of nitrogens with two attached hydrogens (primary N) is 1. The highest BCUT2D eigenvalue weighted by molar-refractivity contribution is 7.89.